The number of aromatic nitrogens is 2. The topological polar surface area (TPSA) is 39.1 Å². The maximum absolute atomic E-state index is 12.4. The molecule has 6 heteroatoms. The van der Waals surface area contributed by atoms with E-state index in [4.69, 9.17) is 4.74 Å². The molecule has 4 nitrogen and oxygen atoms in total. The molecule has 0 aliphatic heterocycles. The average Bonchev–Trinajstić information content (AvgIpc) is 2.65. The van der Waals surface area contributed by atoms with Gasteiger partial charge >= 0.3 is 6.55 Å². The van der Waals surface area contributed by atoms with E-state index >= 15 is 0 Å². The summed E-state index contributed by atoms with van der Waals surface area (Å²) in [5.41, 5.74) is 0. The van der Waals surface area contributed by atoms with Gasteiger partial charge in [0.2, 0.25) is 0 Å². The third-order valence-electron chi connectivity index (χ3n) is 1.97. The molecule has 0 unspecified atom stereocenters. The van der Waals surface area contributed by atoms with Crippen molar-refractivity contribution in [3.05, 3.63) is 18.2 Å². The molecule has 0 bridgehead atoms. The smallest absolute Gasteiger partial charge is 0.319 e. The number of imidazole rings is 1. The first-order chi connectivity index (χ1) is 7.61. The number of nitrogens with one attached hydrogen (secondary N) is 1. The summed E-state index contributed by atoms with van der Waals surface area (Å²) in [6.07, 6.45) is 2.82. The molecule has 1 aromatic rings. The molecule has 16 heavy (non-hydrogen) atoms. The molecule has 1 aromatic heterocycles. The lowest BCUT2D eigenvalue weighted by atomic mass is 10.5. The Kier molecular flexibility index (Phi) is 5.34. The van der Waals surface area contributed by atoms with E-state index in [1.165, 1.54) is 12.4 Å². The Morgan fingerprint density at radius 3 is 2.88 bits per heavy atom. The normalized spacial score (nSPS) is 11.6. The minimum Gasteiger partial charge on any atom is -0.377 e. The zero-order valence-corrected chi connectivity index (χ0v) is 9.49. The highest BCUT2D eigenvalue weighted by Gasteiger charge is 2.10. The van der Waals surface area contributed by atoms with Gasteiger partial charge in [-0.2, -0.15) is 8.78 Å². The van der Waals surface area contributed by atoms with Crippen LogP contribution in [0.25, 0.3) is 0 Å². The van der Waals surface area contributed by atoms with Crippen molar-refractivity contribution in [1.82, 2.24) is 14.9 Å². The molecule has 0 fully saturated rings. The predicted octanol–water partition coefficient (Wildman–Crippen LogP) is 1.79. The lowest BCUT2D eigenvalue weighted by Crippen LogP contribution is -2.23. The number of rotatable bonds is 7. The fourth-order valence-corrected chi connectivity index (χ4v) is 1.23. The van der Waals surface area contributed by atoms with Gasteiger partial charge in [0, 0.05) is 18.9 Å². The van der Waals surface area contributed by atoms with Gasteiger partial charge in [0.1, 0.15) is 5.82 Å². The molecule has 0 saturated carbocycles. The van der Waals surface area contributed by atoms with Gasteiger partial charge in [0.05, 0.1) is 19.3 Å². The zero-order chi connectivity index (χ0) is 12.0. The van der Waals surface area contributed by atoms with Crippen molar-refractivity contribution in [1.29, 1.82) is 0 Å². The summed E-state index contributed by atoms with van der Waals surface area (Å²) in [5.74, 6) is 0.333. The Hall–Kier alpha value is -1.01. The van der Waals surface area contributed by atoms with Crippen LogP contribution in [-0.4, -0.2) is 28.8 Å². The van der Waals surface area contributed by atoms with Crippen molar-refractivity contribution in [3.63, 3.8) is 0 Å². The predicted molar refractivity (Wildman–Crippen MR) is 56.3 cm³/mol. The maximum atomic E-state index is 12.4. The Morgan fingerprint density at radius 2 is 2.25 bits per heavy atom. The van der Waals surface area contributed by atoms with Crippen molar-refractivity contribution in [2.75, 3.05) is 13.2 Å². The van der Waals surface area contributed by atoms with Crippen LogP contribution in [-0.2, 0) is 11.3 Å². The maximum Gasteiger partial charge on any atom is 0.319 e. The van der Waals surface area contributed by atoms with E-state index in [-0.39, 0.29) is 6.10 Å². The van der Waals surface area contributed by atoms with Gasteiger partial charge in [-0.15, -0.1) is 0 Å². The zero-order valence-electron chi connectivity index (χ0n) is 9.49. The van der Waals surface area contributed by atoms with E-state index in [1.54, 1.807) is 0 Å². The van der Waals surface area contributed by atoms with Crippen LogP contribution in [0.5, 0.6) is 0 Å². The van der Waals surface area contributed by atoms with Crippen LogP contribution < -0.4 is 5.32 Å². The summed E-state index contributed by atoms with van der Waals surface area (Å²) in [7, 11) is 0. The summed E-state index contributed by atoms with van der Waals surface area (Å²) in [4.78, 5) is 3.85. The highest BCUT2D eigenvalue weighted by atomic mass is 19.3. The van der Waals surface area contributed by atoms with E-state index in [0.717, 1.165) is 4.57 Å². The van der Waals surface area contributed by atoms with E-state index in [1.807, 2.05) is 13.8 Å². The van der Waals surface area contributed by atoms with Crippen LogP contribution >= 0.6 is 0 Å². The molecule has 0 saturated heterocycles. The van der Waals surface area contributed by atoms with E-state index in [2.05, 4.69) is 10.3 Å². The van der Waals surface area contributed by atoms with Gasteiger partial charge in [-0.05, 0) is 13.8 Å². The molecule has 0 aliphatic rings. The van der Waals surface area contributed by atoms with Crippen LogP contribution in [0, 0.1) is 0 Å². The molecular formula is C10H17F2N3O. The molecule has 0 spiro atoms. The van der Waals surface area contributed by atoms with Crippen molar-refractivity contribution in [2.45, 2.75) is 33.0 Å². The highest BCUT2D eigenvalue weighted by molar-refractivity contribution is 4.92. The number of ether oxygens (including phenoxy) is 1. The molecule has 1 heterocycles. The second-order valence-corrected chi connectivity index (χ2v) is 3.62. The summed E-state index contributed by atoms with van der Waals surface area (Å²) in [6, 6.07) is 0. The van der Waals surface area contributed by atoms with Crippen LogP contribution in [0.2, 0.25) is 0 Å². The van der Waals surface area contributed by atoms with Gasteiger partial charge in [0.15, 0.2) is 0 Å². The van der Waals surface area contributed by atoms with E-state index in [9.17, 15) is 8.78 Å². The van der Waals surface area contributed by atoms with Gasteiger partial charge in [-0.1, -0.05) is 0 Å². The first-order valence-corrected chi connectivity index (χ1v) is 5.23. The molecule has 0 amide bonds. The average molecular weight is 233 g/mol. The third kappa shape index (κ3) is 4.24. The van der Waals surface area contributed by atoms with Crippen LogP contribution in [0.1, 0.15) is 26.2 Å². The van der Waals surface area contributed by atoms with Gasteiger partial charge in [-0.3, -0.25) is 4.57 Å². The Bertz CT molecular complexity index is 302. The summed E-state index contributed by atoms with van der Waals surface area (Å²) in [6.45, 7) is 2.86. The second kappa shape index (κ2) is 6.55. The fraction of sp³-hybridized carbons (Fsp3) is 0.700. The summed E-state index contributed by atoms with van der Waals surface area (Å²) >= 11 is 0. The molecule has 0 atom stereocenters. The number of halogens is 2. The van der Waals surface area contributed by atoms with Crippen molar-refractivity contribution < 1.29 is 13.5 Å². The van der Waals surface area contributed by atoms with Crippen LogP contribution in [0.4, 0.5) is 8.78 Å². The highest BCUT2D eigenvalue weighted by Crippen LogP contribution is 2.11. The molecule has 0 aromatic carbocycles. The monoisotopic (exact) mass is 233 g/mol. The molecule has 92 valence electrons. The van der Waals surface area contributed by atoms with Crippen molar-refractivity contribution >= 4 is 0 Å². The second-order valence-electron chi connectivity index (χ2n) is 3.62. The fourth-order valence-electron chi connectivity index (χ4n) is 1.23. The molecule has 1 rings (SSSR count). The summed E-state index contributed by atoms with van der Waals surface area (Å²) < 4.78 is 31.0. The lowest BCUT2D eigenvalue weighted by molar-refractivity contribution is 0.0657. The standard InChI is InChI=1S/C10H17F2N3O/c1-8(2)16-6-4-13-7-9-14-3-5-15(9)10(11)12/h3,5,8,10,13H,4,6-7H2,1-2H3. The third-order valence-corrected chi connectivity index (χ3v) is 1.97. The Labute approximate surface area is 93.6 Å². The number of alkyl halides is 2. The van der Waals surface area contributed by atoms with Gasteiger partial charge < -0.3 is 10.1 Å². The van der Waals surface area contributed by atoms with E-state index in [0.29, 0.717) is 25.5 Å². The quantitative estimate of drug-likeness (QED) is 0.730. The molecular weight excluding hydrogens is 216 g/mol. The number of hydrogen-bond donors (Lipinski definition) is 1. The largest absolute Gasteiger partial charge is 0.377 e. The minimum atomic E-state index is -2.54. The molecule has 0 radical (unpaired) electrons. The lowest BCUT2D eigenvalue weighted by Gasteiger charge is -2.09. The van der Waals surface area contributed by atoms with Gasteiger partial charge in [0.25, 0.3) is 0 Å². The first-order valence-electron chi connectivity index (χ1n) is 5.23. The van der Waals surface area contributed by atoms with E-state index < -0.39 is 6.55 Å². The van der Waals surface area contributed by atoms with Crippen LogP contribution in [0.3, 0.4) is 0 Å². The SMILES string of the molecule is CC(C)OCCNCc1nccn1C(F)F. The number of hydrogen-bond acceptors (Lipinski definition) is 3. The first kappa shape index (κ1) is 13.1. The Morgan fingerprint density at radius 1 is 1.50 bits per heavy atom. The summed E-state index contributed by atoms with van der Waals surface area (Å²) in [5, 5.41) is 3.00. The van der Waals surface area contributed by atoms with Gasteiger partial charge in [-0.25, -0.2) is 4.98 Å². The van der Waals surface area contributed by atoms with Crippen molar-refractivity contribution in [2.24, 2.45) is 0 Å². The molecule has 0 aliphatic carbocycles. The molecule has 1 N–H and O–H groups in total. The minimum absolute atomic E-state index is 0.185. The van der Waals surface area contributed by atoms with Crippen molar-refractivity contribution in [3.8, 4) is 0 Å². The van der Waals surface area contributed by atoms with Crippen LogP contribution in [0.15, 0.2) is 12.4 Å². The Balaban J connectivity index is 2.24. The number of nitrogens with zero attached hydrogens (tertiary/aromatic N) is 2.